The lowest BCUT2D eigenvalue weighted by atomic mass is 9.69. The van der Waals surface area contributed by atoms with Gasteiger partial charge in [0.2, 0.25) is 0 Å². The van der Waals surface area contributed by atoms with E-state index in [-0.39, 0.29) is 17.5 Å². The lowest BCUT2D eigenvalue weighted by Gasteiger charge is -2.46. The molecule has 6 heteroatoms. The molecule has 4 rings (SSSR count). The van der Waals surface area contributed by atoms with Gasteiger partial charge in [-0.15, -0.1) is 11.6 Å². The van der Waals surface area contributed by atoms with Gasteiger partial charge in [0, 0.05) is 19.1 Å². The Morgan fingerprint density at radius 3 is 2.81 bits per heavy atom. The average Bonchev–Trinajstić information content (AvgIpc) is 3.07. The summed E-state index contributed by atoms with van der Waals surface area (Å²) in [5.74, 6) is 1.61. The Kier molecular flexibility index (Phi) is 5.89. The van der Waals surface area contributed by atoms with Crippen molar-refractivity contribution in [3.63, 3.8) is 0 Å². The molecule has 0 aromatic carbocycles. The molecule has 9 unspecified atom stereocenters. The standard InChI is InChI=1S/C20H33ClFN3O/c1-12(26)18-10-24-19-7-5-14(11-25(18)19)15-3-2-8-23-20(15)13-4-6-17(22)16(21)9-13/h8,12-20,24,26H,2-7,9-11H2,1H3. The highest BCUT2D eigenvalue weighted by molar-refractivity contribution is 6.21. The molecule has 0 bridgehead atoms. The third-order valence-electron chi connectivity index (χ3n) is 7.37. The van der Waals surface area contributed by atoms with Crippen LogP contribution >= 0.6 is 11.6 Å². The Balaban J connectivity index is 1.46. The molecule has 2 saturated heterocycles. The van der Waals surface area contributed by atoms with E-state index in [0.717, 1.165) is 38.8 Å². The third kappa shape index (κ3) is 3.69. The van der Waals surface area contributed by atoms with Crippen LogP contribution in [-0.2, 0) is 0 Å². The molecule has 0 radical (unpaired) electrons. The first-order chi connectivity index (χ1) is 12.5. The summed E-state index contributed by atoms with van der Waals surface area (Å²) in [6.45, 7) is 3.84. The van der Waals surface area contributed by atoms with Gasteiger partial charge < -0.3 is 10.4 Å². The number of aliphatic hydroxyl groups is 1. The SMILES string of the molecule is CC(O)C1CNC2CCC(C3CCC=NC3C3CCC(F)C(Cl)C3)CN21. The molecule has 148 valence electrons. The van der Waals surface area contributed by atoms with E-state index in [2.05, 4.69) is 16.4 Å². The van der Waals surface area contributed by atoms with Crippen LogP contribution in [0, 0.1) is 17.8 Å². The lowest BCUT2D eigenvalue weighted by Crippen LogP contribution is -2.52. The summed E-state index contributed by atoms with van der Waals surface area (Å²) in [5, 5.41) is 13.4. The van der Waals surface area contributed by atoms with E-state index in [4.69, 9.17) is 16.6 Å². The fourth-order valence-corrected chi connectivity index (χ4v) is 6.29. The zero-order valence-corrected chi connectivity index (χ0v) is 16.5. The minimum absolute atomic E-state index is 0.225. The van der Waals surface area contributed by atoms with Crippen molar-refractivity contribution < 1.29 is 9.50 Å². The Morgan fingerprint density at radius 2 is 2.04 bits per heavy atom. The molecule has 1 saturated carbocycles. The lowest BCUT2D eigenvalue weighted by molar-refractivity contribution is 0.0146. The smallest absolute Gasteiger partial charge is 0.116 e. The van der Waals surface area contributed by atoms with Crippen molar-refractivity contribution in [2.24, 2.45) is 22.7 Å². The Labute approximate surface area is 161 Å². The monoisotopic (exact) mass is 385 g/mol. The van der Waals surface area contributed by atoms with Gasteiger partial charge in [-0.3, -0.25) is 9.89 Å². The van der Waals surface area contributed by atoms with E-state index in [1.807, 2.05) is 6.92 Å². The number of nitrogens with zero attached hydrogens (tertiary/aromatic N) is 2. The maximum atomic E-state index is 13.8. The zero-order chi connectivity index (χ0) is 18.3. The molecular weight excluding hydrogens is 353 g/mol. The second-order valence-corrected chi connectivity index (χ2v) is 9.50. The third-order valence-corrected chi connectivity index (χ3v) is 7.82. The van der Waals surface area contributed by atoms with Crippen LogP contribution in [0.5, 0.6) is 0 Å². The van der Waals surface area contributed by atoms with Gasteiger partial charge in [-0.25, -0.2) is 4.39 Å². The summed E-state index contributed by atoms with van der Waals surface area (Å²) in [6, 6.07) is 0.530. The van der Waals surface area contributed by atoms with E-state index in [1.165, 1.54) is 12.8 Å². The molecule has 3 aliphatic heterocycles. The first kappa shape index (κ1) is 19.1. The Hall–Kier alpha value is -0.230. The van der Waals surface area contributed by atoms with Crippen LogP contribution in [0.3, 0.4) is 0 Å². The van der Waals surface area contributed by atoms with Gasteiger partial charge in [0.1, 0.15) is 6.17 Å². The number of hydrogen-bond acceptors (Lipinski definition) is 4. The number of fused-ring (bicyclic) bond motifs is 1. The number of piperidine rings is 1. The first-order valence-electron chi connectivity index (χ1n) is 10.5. The van der Waals surface area contributed by atoms with Crippen LogP contribution in [0.15, 0.2) is 4.99 Å². The number of rotatable bonds is 3. The van der Waals surface area contributed by atoms with Crippen molar-refractivity contribution in [1.29, 1.82) is 0 Å². The van der Waals surface area contributed by atoms with E-state index in [9.17, 15) is 9.50 Å². The van der Waals surface area contributed by atoms with Crippen molar-refractivity contribution in [1.82, 2.24) is 10.2 Å². The predicted octanol–water partition coefficient (Wildman–Crippen LogP) is 2.97. The van der Waals surface area contributed by atoms with Crippen LogP contribution in [0.4, 0.5) is 4.39 Å². The number of halogens is 2. The van der Waals surface area contributed by atoms with Gasteiger partial charge >= 0.3 is 0 Å². The van der Waals surface area contributed by atoms with Crippen molar-refractivity contribution in [2.75, 3.05) is 13.1 Å². The fraction of sp³-hybridized carbons (Fsp3) is 0.950. The second-order valence-electron chi connectivity index (χ2n) is 8.93. The molecule has 2 N–H and O–H groups in total. The molecule has 0 aromatic rings. The van der Waals surface area contributed by atoms with Crippen LogP contribution in [0.1, 0.15) is 51.9 Å². The van der Waals surface area contributed by atoms with Crippen LogP contribution < -0.4 is 5.32 Å². The first-order valence-corrected chi connectivity index (χ1v) is 10.9. The molecule has 4 aliphatic rings. The van der Waals surface area contributed by atoms with E-state index >= 15 is 0 Å². The minimum atomic E-state index is -0.850. The van der Waals surface area contributed by atoms with E-state index in [1.54, 1.807) is 0 Å². The number of hydrogen-bond donors (Lipinski definition) is 2. The molecule has 0 aromatic heterocycles. The van der Waals surface area contributed by atoms with Gasteiger partial charge in [-0.2, -0.15) is 0 Å². The summed E-state index contributed by atoms with van der Waals surface area (Å²) in [5.41, 5.74) is 0. The average molecular weight is 386 g/mol. The second kappa shape index (κ2) is 8.02. The highest BCUT2D eigenvalue weighted by Crippen LogP contribution is 2.43. The van der Waals surface area contributed by atoms with Crippen LogP contribution in [0.25, 0.3) is 0 Å². The fourth-order valence-electron chi connectivity index (χ4n) is 5.93. The van der Waals surface area contributed by atoms with Gasteiger partial charge in [0.25, 0.3) is 0 Å². The summed E-state index contributed by atoms with van der Waals surface area (Å²) in [6.07, 6.45) is 8.24. The zero-order valence-electron chi connectivity index (χ0n) is 15.7. The molecule has 3 heterocycles. The number of aliphatic hydroxyl groups excluding tert-OH is 1. The van der Waals surface area contributed by atoms with Gasteiger partial charge in [0.15, 0.2) is 0 Å². The Morgan fingerprint density at radius 1 is 1.23 bits per heavy atom. The molecule has 3 fully saturated rings. The summed E-state index contributed by atoms with van der Waals surface area (Å²) in [4.78, 5) is 7.42. The number of nitrogens with one attached hydrogen (secondary N) is 1. The maximum Gasteiger partial charge on any atom is 0.116 e. The topological polar surface area (TPSA) is 47.9 Å². The van der Waals surface area contributed by atoms with Crippen LogP contribution in [0.2, 0.25) is 0 Å². The van der Waals surface area contributed by atoms with E-state index < -0.39 is 6.17 Å². The molecule has 0 spiro atoms. The van der Waals surface area contributed by atoms with Crippen molar-refractivity contribution >= 4 is 17.8 Å². The van der Waals surface area contributed by atoms with Crippen LogP contribution in [-0.4, -0.2) is 65.2 Å². The maximum absolute atomic E-state index is 13.8. The molecule has 4 nitrogen and oxygen atoms in total. The predicted molar refractivity (Wildman–Crippen MR) is 104 cm³/mol. The number of aliphatic imine (C=N–C) groups is 1. The van der Waals surface area contributed by atoms with Gasteiger partial charge in [-0.1, -0.05) is 0 Å². The van der Waals surface area contributed by atoms with Gasteiger partial charge in [-0.05, 0) is 75.8 Å². The largest absolute Gasteiger partial charge is 0.392 e. The van der Waals surface area contributed by atoms with E-state index in [0.29, 0.717) is 36.4 Å². The summed E-state index contributed by atoms with van der Waals surface area (Å²) in [7, 11) is 0. The minimum Gasteiger partial charge on any atom is -0.392 e. The molecule has 0 amide bonds. The summed E-state index contributed by atoms with van der Waals surface area (Å²) < 4.78 is 13.8. The van der Waals surface area contributed by atoms with Crippen molar-refractivity contribution in [2.45, 2.75) is 87.8 Å². The Bertz CT molecular complexity index is 519. The highest BCUT2D eigenvalue weighted by Gasteiger charge is 2.45. The summed E-state index contributed by atoms with van der Waals surface area (Å²) >= 11 is 6.27. The molecule has 1 aliphatic carbocycles. The normalized spacial score (nSPS) is 48.3. The molecule has 26 heavy (non-hydrogen) atoms. The van der Waals surface area contributed by atoms with Crippen molar-refractivity contribution in [3.05, 3.63) is 0 Å². The molecular formula is C20H33ClFN3O. The quantitative estimate of drug-likeness (QED) is 0.734. The highest BCUT2D eigenvalue weighted by atomic mass is 35.5. The van der Waals surface area contributed by atoms with Gasteiger partial charge in [0.05, 0.1) is 23.7 Å². The number of alkyl halides is 2. The molecule has 9 atom stereocenters. The van der Waals surface area contributed by atoms with Crippen molar-refractivity contribution in [3.8, 4) is 0 Å².